The molecule has 0 bridgehead atoms. The van der Waals surface area contributed by atoms with Crippen LogP contribution < -0.4 is 0 Å². The Hall–Kier alpha value is -2.86. The third kappa shape index (κ3) is 5.44. The van der Waals surface area contributed by atoms with E-state index < -0.39 is 5.60 Å². The molecule has 182 valence electrons. The van der Waals surface area contributed by atoms with Gasteiger partial charge in [0.2, 0.25) is 0 Å². The van der Waals surface area contributed by atoms with Crippen LogP contribution in [-0.2, 0) is 22.3 Å². The maximum absolute atomic E-state index is 13.0. The largest absolute Gasteiger partial charge is 0.460 e. The van der Waals surface area contributed by atoms with E-state index in [2.05, 4.69) is 35.2 Å². The van der Waals surface area contributed by atoms with E-state index in [9.17, 15) is 9.59 Å². The first-order valence-corrected chi connectivity index (χ1v) is 12.1. The lowest BCUT2D eigenvalue weighted by Gasteiger charge is -2.45. The molecule has 1 aliphatic heterocycles. The second-order valence-electron chi connectivity index (χ2n) is 10.8. The number of piperazine rings is 1. The number of ether oxygens (including phenoxy) is 2. The van der Waals surface area contributed by atoms with Crippen LogP contribution in [0.2, 0.25) is 0 Å². The molecule has 2 aromatic carbocycles. The summed E-state index contributed by atoms with van der Waals surface area (Å²) in [5, 5.41) is 0. The van der Waals surface area contributed by atoms with Crippen LogP contribution in [0.15, 0.2) is 42.5 Å². The molecule has 2 aromatic rings. The maximum Gasteiger partial charge on any atom is 0.410 e. The van der Waals surface area contributed by atoms with E-state index in [4.69, 9.17) is 9.47 Å². The van der Waals surface area contributed by atoms with Crippen molar-refractivity contribution in [1.82, 2.24) is 9.80 Å². The van der Waals surface area contributed by atoms with Gasteiger partial charge in [-0.05, 0) is 70.7 Å². The van der Waals surface area contributed by atoms with E-state index >= 15 is 0 Å². The second-order valence-corrected chi connectivity index (χ2v) is 10.8. The van der Waals surface area contributed by atoms with Gasteiger partial charge in [0.25, 0.3) is 0 Å². The number of hydrogen-bond donors (Lipinski definition) is 0. The predicted octanol–water partition coefficient (Wildman–Crippen LogP) is 4.55. The van der Waals surface area contributed by atoms with E-state index in [0.29, 0.717) is 38.3 Å². The highest BCUT2D eigenvalue weighted by atomic mass is 16.6. The van der Waals surface area contributed by atoms with Crippen molar-refractivity contribution in [3.05, 3.63) is 70.3 Å². The normalized spacial score (nSPS) is 17.9. The monoisotopic (exact) mass is 464 g/mol. The van der Waals surface area contributed by atoms with Crippen LogP contribution in [0.4, 0.5) is 4.79 Å². The molecule has 1 saturated heterocycles. The fourth-order valence-corrected chi connectivity index (χ4v) is 5.16. The molecule has 0 N–H and O–H groups in total. The van der Waals surface area contributed by atoms with Gasteiger partial charge in [0.15, 0.2) is 0 Å². The molecular weight excluding hydrogens is 428 g/mol. The molecule has 0 spiro atoms. The lowest BCUT2D eigenvalue weighted by atomic mass is 9.93. The van der Waals surface area contributed by atoms with Crippen molar-refractivity contribution in [1.29, 1.82) is 0 Å². The van der Waals surface area contributed by atoms with Crippen LogP contribution in [0, 0.1) is 13.8 Å². The highest BCUT2D eigenvalue weighted by molar-refractivity contribution is 5.89. The summed E-state index contributed by atoms with van der Waals surface area (Å²) in [6.07, 6.45) is 1.39. The topological polar surface area (TPSA) is 59.1 Å². The minimum Gasteiger partial charge on any atom is -0.460 e. The Morgan fingerprint density at radius 2 is 1.47 bits per heavy atom. The molecule has 0 saturated carbocycles. The van der Waals surface area contributed by atoms with Gasteiger partial charge in [-0.2, -0.15) is 0 Å². The molecule has 34 heavy (non-hydrogen) atoms. The number of aryl methyl sites for hydroxylation is 2. The van der Waals surface area contributed by atoms with E-state index in [-0.39, 0.29) is 17.6 Å². The molecule has 1 heterocycles. The van der Waals surface area contributed by atoms with Gasteiger partial charge in [0.1, 0.15) is 12.2 Å². The number of rotatable bonds is 4. The fraction of sp³-hybridized carbons (Fsp3) is 0.500. The average molecular weight is 465 g/mol. The standard InChI is InChI=1S/C28H36N2O4/c1-20-14-21(2)16-24(15-20)25(31)33-19-28(17-22-8-6-7-9-23(22)18-28)30-12-10-29(11-13-30)26(32)34-27(3,4)5/h6-9,14-16H,10-13,17-19H2,1-5H3. The summed E-state index contributed by atoms with van der Waals surface area (Å²) >= 11 is 0. The predicted molar refractivity (Wildman–Crippen MR) is 132 cm³/mol. The second kappa shape index (κ2) is 9.41. The number of carbonyl (C=O) groups is 2. The smallest absolute Gasteiger partial charge is 0.410 e. The van der Waals surface area contributed by atoms with Gasteiger partial charge in [0.05, 0.1) is 11.1 Å². The van der Waals surface area contributed by atoms with E-state index in [1.54, 1.807) is 4.90 Å². The van der Waals surface area contributed by atoms with Crippen LogP contribution >= 0.6 is 0 Å². The third-order valence-electron chi connectivity index (χ3n) is 6.69. The fourth-order valence-electron chi connectivity index (χ4n) is 5.16. The van der Waals surface area contributed by atoms with Crippen molar-refractivity contribution in [3.63, 3.8) is 0 Å². The Bertz CT molecular complexity index is 1020. The number of benzene rings is 2. The summed E-state index contributed by atoms with van der Waals surface area (Å²) in [5.74, 6) is -0.283. The minimum absolute atomic E-state index is 0.267. The van der Waals surface area contributed by atoms with Gasteiger partial charge >= 0.3 is 12.1 Å². The van der Waals surface area contributed by atoms with Crippen molar-refractivity contribution in [3.8, 4) is 0 Å². The summed E-state index contributed by atoms with van der Waals surface area (Å²) in [6, 6.07) is 14.3. The van der Waals surface area contributed by atoms with Gasteiger partial charge in [-0.25, -0.2) is 9.59 Å². The Balaban J connectivity index is 1.48. The van der Waals surface area contributed by atoms with Crippen LogP contribution in [0.25, 0.3) is 0 Å². The Labute approximate surface area is 202 Å². The number of carbonyl (C=O) groups excluding carboxylic acids is 2. The number of nitrogens with zero attached hydrogens (tertiary/aromatic N) is 2. The molecule has 2 aliphatic rings. The van der Waals surface area contributed by atoms with Crippen LogP contribution in [-0.4, -0.2) is 65.8 Å². The zero-order valence-corrected chi connectivity index (χ0v) is 21.0. The molecule has 4 rings (SSSR count). The van der Waals surface area contributed by atoms with Crippen molar-refractivity contribution in [2.45, 2.75) is 58.6 Å². The Morgan fingerprint density at radius 1 is 0.912 bits per heavy atom. The van der Waals surface area contributed by atoms with Crippen molar-refractivity contribution < 1.29 is 19.1 Å². The van der Waals surface area contributed by atoms with Crippen LogP contribution in [0.3, 0.4) is 0 Å². The Morgan fingerprint density at radius 3 is 2.00 bits per heavy atom. The van der Waals surface area contributed by atoms with Gasteiger partial charge in [0, 0.05) is 26.2 Å². The molecule has 1 fully saturated rings. The molecule has 0 aromatic heterocycles. The maximum atomic E-state index is 13.0. The highest BCUT2D eigenvalue weighted by Crippen LogP contribution is 2.36. The van der Waals surface area contributed by atoms with Gasteiger partial charge in [-0.1, -0.05) is 41.5 Å². The van der Waals surface area contributed by atoms with E-state index in [0.717, 1.165) is 24.0 Å². The van der Waals surface area contributed by atoms with Crippen molar-refractivity contribution in [2.24, 2.45) is 0 Å². The molecular formula is C28H36N2O4. The summed E-state index contributed by atoms with van der Waals surface area (Å²) < 4.78 is 11.5. The zero-order valence-electron chi connectivity index (χ0n) is 21.0. The molecule has 1 aliphatic carbocycles. The Kier molecular flexibility index (Phi) is 6.72. The summed E-state index contributed by atoms with van der Waals surface area (Å²) in [6.45, 7) is 12.6. The number of hydrogen-bond acceptors (Lipinski definition) is 5. The molecule has 0 unspecified atom stereocenters. The SMILES string of the molecule is Cc1cc(C)cc(C(=O)OCC2(N3CCN(C(=O)OC(C)(C)C)CC3)Cc3ccccc3C2)c1. The van der Waals surface area contributed by atoms with Crippen molar-refractivity contribution >= 4 is 12.1 Å². The number of fused-ring (bicyclic) bond motifs is 1. The summed E-state index contributed by atoms with van der Waals surface area (Å²) in [5.41, 5.74) is 4.49. The third-order valence-corrected chi connectivity index (χ3v) is 6.69. The van der Waals surface area contributed by atoms with Crippen molar-refractivity contribution in [2.75, 3.05) is 32.8 Å². The first-order valence-electron chi connectivity index (χ1n) is 12.1. The molecule has 0 atom stereocenters. The van der Waals surface area contributed by atoms with E-state index in [1.807, 2.05) is 46.8 Å². The van der Waals surface area contributed by atoms with Gasteiger partial charge in [-0.3, -0.25) is 4.90 Å². The lowest BCUT2D eigenvalue weighted by Crippen LogP contribution is -2.61. The average Bonchev–Trinajstić information content (AvgIpc) is 3.15. The lowest BCUT2D eigenvalue weighted by molar-refractivity contribution is -0.0253. The van der Waals surface area contributed by atoms with Crippen LogP contribution in [0.1, 0.15) is 53.4 Å². The molecule has 0 radical (unpaired) electrons. The van der Waals surface area contributed by atoms with Gasteiger partial charge < -0.3 is 14.4 Å². The molecule has 6 heteroatoms. The quantitative estimate of drug-likeness (QED) is 0.622. The number of amides is 1. The van der Waals surface area contributed by atoms with E-state index in [1.165, 1.54) is 11.1 Å². The minimum atomic E-state index is -0.509. The number of esters is 1. The zero-order chi connectivity index (χ0) is 24.5. The van der Waals surface area contributed by atoms with Gasteiger partial charge in [-0.15, -0.1) is 0 Å². The summed E-state index contributed by atoms with van der Waals surface area (Å²) in [7, 11) is 0. The highest BCUT2D eigenvalue weighted by Gasteiger charge is 2.45. The first kappa shape index (κ1) is 24.3. The van der Waals surface area contributed by atoms with Crippen LogP contribution in [0.5, 0.6) is 0 Å². The summed E-state index contributed by atoms with van der Waals surface area (Å²) in [4.78, 5) is 29.7. The molecule has 1 amide bonds. The molecule has 6 nitrogen and oxygen atoms in total. The first-order chi connectivity index (χ1) is 16.0.